The van der Waals surface area contributed by atoms with Crippen LogP contribution in [0.15, 0.2) is 53.3 Å². The van der Waals surface area contributed by atoms with Gasteiger partial charge in [-0.05, 0) is 32.0 Å². The molecule has 0 amide bonds. The molecule has 1 aromatic heterocycles. The van der Waals surface area contributed by atoms with Gasteiger partial charge in [0, 0.05) is 23.2 Å². The summed E-state index contributed by atoms with van der Waals surface area (Å²) in [5.74, 6) is -0.116. The normalized spacial score (nSPS) is 10.7. The first-order valence-electron chi connectivity index (χ1n) is 8.12. The van der Waals surface area contributed by atoms with Crippen LogP contribution in [0.25, 0.3) is 10.9 Å². The minimum absolute atomic E-state index is 0.116. The number of hydrogen-bond acceptors (Lipinski definition) is 5. The molecule has 3 rings (SSSR count). The van der Waals surface area contributed by atoms with E-state index in [-0.39, 0.29) is 11.5 Å². The number of rotatable bonds is 5. The number of carbonyl (C=O) groups is 1. The zero-order valence-electron chi connectivity index (χ0n) is 14.4. The lowest BCUT2D eigenvalue weighted by Crippen LogP contribution is -2.23. The van der Waals surface area contributed by atoms with Gasteiger partial charge in [-0.25, -0.2) is 0 Å². The average Bonchev–Trinajstić information content (AvgIpc) is 2.62. The number of nitro groups is 1. The van der Waals surface area contributed by atoms with Crippen LogP contribution in [0.3, 0.4) is 0 Å². The molecule has 1 heterocycles. The molecular formula is C19H17N3O4. The Morgan fingerprint density at radius 3 is 2.58 bits per heavy atom. The highest BCUT2D eigenvalue weighted by atomic mass is 16.6. The second-order valence-electron chi connectivity index (χ2n) is 5.81. The number of Topliss-reactive ketones (excluding diaryl/α,β-unsaturated/α-hetero) is 1. The minimum Gasteiger partial charge on any atom is -0.349 e. The van der Waals surface area contributed by atoms with Crippen LogP contribution < -0.4 is 10.9 Å². The van der Waals surface area contributed by atoms with E-state index < -0.39 is 16.2 Å². The van der Waals surface area contributed by atoms with Crippen molar-refractivity contribution in [3.05, 3.63) is 74.6 Å². The molecule has 0 saturated heterocycles. The zero-order chi connectivity index (χ0) is 18.8. The molecule has 7 nitrogen and oxygen atoms in total. The Labute approximate surface area is 149 Å². The lowest BCUT2D eigenvalue weighted by molar-refractivity contribution is -0.385. The van der Waals surface area contributed by atoms with Gasteiger partial charge in [0.25, 0.3) is 0 Å². The largest absolute Gasteiger partial charge is 0.357 e. The Morgan fingerprint density at radius 2 is 1.92 bits per heavy atom. The van der Waals surface area contributed by atoms with Crippen molar-refractivity contribution in [3.63, 3.8) is 0 Å². The molecular weight excluding hydrogens is 334 g/mol. The number of aromatic nitrogens is 1. The standard InChI is InChI=1S/C19H17N3O4/c1-3-21-16-10-5-4-9-15(16)17(18(19(21)24)22(25)26)20-14-8-6-7-13(11-14)12(2)23/h4-11,20H,3H2,1-2H3. The van der Waals surface area contributed by atoms with Gasteiger partial charge in [0.2, 0.25) is 0 Å². The summed E-state index contributed by atoms with van der Waals surface area (Å²) < 4.78 is 1.38. The molecule has 0 aliphatic rings. The maximum Gasteiger partial charge on any atom is 0.357 e. The molecule has 26 heavy (non-hydrogen) atoms. The first-order valence-corrected chi connectivity index (χ1v) is 8.12. The predicted molar refractivity (Wildman–Crippen MR) is 100 cm³/mol. The Balaban J connectivity index is 2.30. The number of anilines is 2. The molecule has 132 valence electrons. The van der Waals surface area contributed by atoms with Gasteiger partial charge in [0.1, 0.15) is 5.69 Å². The van der Waals surface area contributed by atoms with Gasteiger partial charge < -0.3 is 9.88 Å². The first-order chi connectivity index (χ1) is 12.4. The van der Waals surface area contributed by atoms with Crippen LogP contribution in [0.1, 0.15) is 24.2 Å². The van der Waals surface area contributed by atoms with E-state index in [1.807, 2.05) is 0 Å². The second-order valence-corrected chi connectivity index (χ2v) is 5.81. The Hall–Kier alpha value is -3.48. The number of carbonyl (C=O) groups excluding carboxylic acids is 1. The molecule has 0 spiro atoms. The van der Waals surface area contributed by atoms with Crippen molar-refractivity contribution in [1.82, 2.24) is 4.57 Å². The molecule has 0 unspecified atom stereocenters. The fourth-order valence-electron chi connectivity index (χ4n) is 2.96. The monoisotopic (exact) mass is 351 g/mol. The Kier molecular flexibility index (Phi) is 4.53. The number of nitrogens with zero attached hydrogens (tertiary/aromatic N) is 2. The summed E-state index contributed by atoms with van der Waals surface area (Å²) in [4.78, 5) is 35.2. The molecule has 2 aromatic carbocycles. The molecule has 7 heteroatoms. The topological polar surface area (TPSA) is 94.2 Å². The van der Waals surface area contributed by atoms with Gasteiger partial charge in [-0.3, -0.25) is 19.7 Å². The molecule has 0 saturated carbocycles. The highest BCUT2D eigenvalue weighted by Gasteiger charge is 2.25. The molecule has 0 aliphatic heterocycles. The Bertz CT molecular complexity index is 1090. The number of para-hydroxylation sites is 1. The molecule has 0 atom stereocenters. The number of pyridine rings is 1. The van der Waals surface area contributed by atoms with E-state index in [0.717, 1.165) is 0 Å². The predicted octanol–water partition coefficient (Wildman–Crippen LogP) is 3.88. The van der Waals surface area contributed by atoms with Crippen molar-refractivity contribution >= 4 is 33.7 Å². The quantitative estimate of drug-likeness (QED) is 0.428. The van der Waals surface area contributed by atoms with Crippen molar-refractivity contribution in [1.29, 1.82) is 0 Å². The SMILES string of the molecule is CCn1c(=O)c([N+](=O)[O-])c(Nc2cccc(C(C)=O)c2)c2ccccc21. The van der Waals surface area contributed by atoms with E-state index in [4.69, 9.17) is 0 Å². The molecule has 0 fully saturated rings. The number of ketones is 1. The van der Waals surface area contributed by atoms with Gasteiger partial charge in [0.05, 0.1) is 10.4 Å². The van der Waals surface area contributed by atoms with E-state index in [0.29, 0.717) is 28.7 Å². The van der Waals surface area contributed by atoms with Crippen molar-refractivity contribution in [2.24, 2.45) is 0 Å². The van der Waals surface area contributed by atoms with Gasteiger partial charge in [-0.2, -0.15) is 0 Å². The maximum absolute atomic E-state index is 12.7. The molecule has 3 aromatic rings. The molecule has 0 bridgehead atoms. The summed E-state index contributed by atoms with van der Waals surface area (Å²) >= 11 is 0. The van der Waals surface area contributed by atoms with Crippen LogP contribution in [-0.2, 0) is 6.54 Å². The lowest BCUT2D eigenvalue weighted by atomic mass is 10.1. The van der Waals surface area contributed by atoms with E-state index in [1.165, 1.54) is 11.5 Å². The van der Waals surface area contributed by atoms with Gasteiger partial charge >= 0.3 is 11.2 Å². The summed E-state index contributed by atoms with van der Waals surface area (Å²) in [6.07, 6.45) is 0. The third kappa shape index (κ3) is 2.95. The van der Waals surface area contributed by atoms with E-state index in [9.17, 15) is 19.7 Å². The van der Waals surface area contributed by atoms with E-state index in [2.05, 4.69) is 5.32 Å². The maximum atomic E-state index is 12.7. The summed E-state index contributed by atoms with van der Waals surface area (Å²) in [5.41, 5.74) is 0.528. The third-order valence-electron chi connectivity index (χ3n) is 4.19. The van der Waals surface area contributed by atoms with Crippen LogP contribution in [0.4, 0.5) is 17.1 Å². The van der Waals surface area contributed by atoms with E-state index >= 15 is 0 Å². The highest BCUT2D eigenvalue weighted by Crippen LogP contribution is 2.32. The molecule has 1 N–H and O–H groups in total. The summed E-state index contributed by atoms with van der Waals surface area (Å²) in [5, 5.41) is 15.2. The smallest absolute Gasteiger partial charge is 0.349 e. The van der Waals surface area contributed by atoms with Crippen molar-refractivity contribution < 1.29 is 9.72 Å². The van der Waals surface area contributed by atoms with Crippen LogP contribution >= 0.6 is 0 Å². The summed E-state index contributed by atoms with van der Waals surface area (Å²) in [7, 11) is 0. The van der Waals surface area contributed by atoms with Crippen molar-refractivity contribution in [2.75, 3.05) is 5.32 Å². The fraction of sp³-hybridized carbons (Fsp3) is 0.158. The zero-order valence-corrected chi connectivity index (χ0v) is 14.4. The molecule has 0 aliphatic carbocycles. The third-order valence-corrected chi connectivity index (χ3v) is 4.19. The van der Waals surface area contributed by atoms with Crippen molar-refractivity contribution in [3.8, 4) is 0 Å². The number of benzene rings is 2. The van der Waals surface area contributed by atoms with Gasteiger partial charge in [0.15, 0.2) is 5.78 Å². The van der Waals surface area contributed by atoms with Crippen LogP contribution in [-0.4, -0.2) is 15.3 Å². The first kappa shape index (κ1) is 17.3. The van der Waals surface area contributed by atoms with E-state index in [1.54, 1.807) is 55.5 Å². The van der Waals surface area contributed by atoms with Crippen LogP contribution in [0.5, 0.6) is 0 Å². The van der Waals surface area contributed by atoms with Gasteiger partial charge in [-0.1, -0.05) is 30.3 Å². The number of nitrogens with one attached hydrogen (secondary N) is 1. The highest BCUT2D eigenvalue weighted by molar-refractivity contribution is 5.99. The fourth-order valence-corrected chi connectivity index (χ4v) is 2.96. The lowest BCUT2D eigenvalue weighted by Gasteiger charge is -2.14. The van der Waals surface area contributed by atoms with Crippen LogP contribution in [0, 0.1) is 10.1 Å². The average molecular weight is 351 g/mol. The van der Waals surface area contributed by atoms with Gasteiger partial charge in [-0.15, -0.1) is 0 Å². The van der Waals surface area contributed by atoms with Crippen molar-refractivity contribution in [2.45, 2.75) is 20.4 Å². The summed E-state index contributed by atoms with van der Waals surface area (Å²) in [6, 6.07) is 13.7. The Morgan fingerprint density at radius 1 is 1.19 bits per heavy atom. The second kappa shape index (κ2) is 6.79. The number of hydrogen-bond donors (Lipinski definition) is 1. The number of fused-ring (bicyclic) bond motifs is 1. The molecule has 0 radical (unpaired) electrons. The van der Waals surface area contributed by atoms with Crippen LogP contribution in [0.2, 0.25) is 0 Å². The minimum atomic E-state index is -0.669. The number of aryl methyl sites for hydroxylation is 1. The summed E-state index contributed by atoms with van der Waals surface area (Å²) in [6.45, 7) is 3.53.